The molecule has 1 amide bonds. The minimum Gasteiger partial charge on any atom is -0.352 e. The third-order valence-electron chi connectivity index (χ3n) is 1.90. The fourth-order valence-electron chi connectivity index (χ4n) is 1.19. The van der Waals surface area contributed by atoms with Crippen LogP contribution in [0.5, 0.6) is 0 Å². The second kappa shape index (κ2) is 5.07. The molecule has 0 aliphatic heterocycles. The Morgan fingerprint density at radius 1 is 1.50 bits per heavy atom. The summed E-state index contributed by atoms with van der Waals surface area (Å²) in [5.74, 6) is -0.407. The lowest BCUT2D eigenvalue weighted by Gasteiger charge is -2.06. The molecule has 0 atom stereocenters. The van der Waals surface area contributed by atoms with E-state index in [2.05, 4.69) is 10.3 Å². The summed E-state index contributed by atoms with van der Waals surface area (Å²) in [6.07, 6.45) is 3.18. The zero-order valence-electron chi connectivity index (χ0n) is 9.23. The Kier molecular flexibility index (Phi) is 4.00. The van der Waals surface area contributed by atoms with E-state index >= 15 is 0 Å². The van der Waals surface area contributed by atoms with Gasteiger partial charge in [0.2, 0.25) is 0 Å². The first-order valence-corrected chi connectivity index (χ1v) is 6.79. The Morgan fingerprint density at radius 2 is 2.19 bits per heavy atom. The van der Waals surface area contributed by atoms with Crippen molar-refractivity contribution < 1.29 is 13.2 Å². The number of hydrogen-bond acceptors (Lipinski definition) is 4. The van der Waals surface area contributed by atoms with Gasteiger partial charge < -0.3 is 5.32 Å². The summed E-state index contributed by atoms with van der Waals surface area (Å²) < 4.78 is 22.8. The van der Waals surface area contributed by atoms with E-state index < -0.39 is 15.7 Å². The molecule has 0 saturated carbocycles. The number of pyridine rings is 1. The van der Waals surface area contributed by atoms with Crippen LogP contribution in [0.4, 0.5) is 0 Å². The molecule has 0 aromatic carbocycles. The highest BCUT2D eigenvalue weighted by molar-refractivity contribution is 7.90. The number of nitrogens with one attached hydrogen (secondary N) is 1. The molecule has 1 aromatic heterocycles. The monoisotopic (exact) mass is 242 g/mol. The molecule has 88 valence electrons. The van der Waals surface area contributed by atoms with Crippen LogP contribution in [0.3, 0.4) is 0 Å². The van der Waals surface area contributed by atoms with Crippen LogP contribution >= 0.6 is 0 Å². The van der Waals surface area contributed by atoms with Crippen LogP contribution in [-0.2, 0) is 9.84 Å². The number of nitrogens with zero attached hydrogens (tertiary/aromatic N) is 1. The second-order valence-electron chi connectivity index (χ2n) is 3.38. The maximum atomic E-state index is 11.7. The normalized spacial score (nSPS) is 11.1. The largest absolute Gasteiger partial charge is 0.352 e. The van der Waals surface area contributed by atoms with Gasteiger partial charge in [0.15, 0.2) is 14.9 Å². The lowest BCUT2D eigenvalue weighted by molar-refractivity contribution is 0.0949. The first kappa shape index (κ1) is 12.6. The van der Waals surface area contributed by atoms with Crippen LogP contribution in [0.25, 0.3) is 0 Å². The molecule has 1 N–H and O–H groups in total. The molecule has 6 heteroatoms. The van der Waals surface area contributed by atoms with Crippen LogP contribution in [0.1, 0.15) is 23.7 Å². The maximum absolute atomic E-state index is 11.7. The Morgan fingerprint density at radius 3 is 2.75 bits per heavy atom. The molecule has 0 aliphatic rings. The first-order valence-electron chi connectivity index (χ1n) is 4.90. The van der Waals surface area contributed by atoms with Crippen molar-refractivity contribution in [2.75, 3.05) is 12.8 Å². The number of hydrogen-bond donors (Lipinski definition) is 1. The molecular formula is C10H14N2O3S. The zero-order chi connectivity index (χ0) is 12.2. The number of amides is 1. The van der Waals surface area contributed by atoms with E-state index in [4.69, 9.17) is 0 Å². The van der Waals surface area contributed by atoms with E-state index in [1.807, 2.05) is 6.92 Å². The van der Waals surface area contributed by atoms with E-state index in [1.165, 1.54) is 18.3 Å². The van der Waals surface area contributed by atoms with Crippen molar-refractivity contribution >= 4 is 15.7 Å². The van der Waals surface area contributed by atoms with E-state index in [0.29, 0.717) is 6.54 Å². The Bertz CT molecular complexity index is 483. The van der Waals surface area contributed by atoms with Crippen LogP contribution in [0, 0.1) is 0 Å². The highest BCUT2D eigenvalue weighted by Gasteiger charge is 2.19. The fraction of sp³-hybridized carbons (Fsp3) is 0.400. The van der Waals surface area contributed by atoms with Gasteiger partial charge in [0.1, 0.15) is 0 Å². The molecule has 1 rings (SSSR count). The topological polar surface area (TPSA) is 76.1 Å². The van der Waals surface area contributed by atoms with Crippen molar-refractivity contribution in [2.45, 2.75) is 18.4 Å². The molecule has 0 radical (unpaired) electrons. The van der Waals surface area contributed by atoms with Crippen molar-refractivity contribution in [3.8, 4) is 0 Å². The minimum atomic E-state index is -3.48. The number of carbonyl (C=O) groups excluding carboxylic acids is 1. The predicted molar refractivity (Wildman–Crippen MR) is 60.0 cm³/mol. The van der Waals surface area contributed by atoms with Gasteiger partial charge in [-0.1, -0.05) is 6.92 Å². The Hall–Kier alpha value is -1.43. The van der Waals surface area contributed by atoms with Crippen molar-refractivity contribution in [3.63, 3.8) is 0 Å². The highest BCUT2D eigenvalue weighted by Crippen LogP contribution is 2.11. The number of sulfone groups is 1. The molecule has 0 aliphatic carbocycles. The smallest absolute Gasteiger partial charge is 0.254 e. The molecule has 5 nitrogen and oxygen atoms in total. The van der Waals surface area contributed by atoms with Gasteiger partial charge in [-0.2, -0.15) is 0 Å². The van der Waals surface area contributed by atoms with Crippen molar-refractivity contribution in [2.24, 2.45) is 0 Å². The average molecular weight is 242 g/mol. The molecule has 0 saturated heterocycles. The second-order valence-corrected chi connectivity index (χ2v) is 5.32. The summed E-state index contributed by atoms with van der Waals surface area (Å²) >= 11 is 0. The van der Waals surface area contributed by atoms with Gasteiger partial charge in [-0.15, -0.1) is 0 Å². The summed E-state index contributed by atoms with van der Waals surface area (Å²) in [5, 5.41) is 2.44. The third kappa shape index (κ3) is 3.03. The van der Waals surface area contributed by atoms with Gasteiger partial charge in [0.25, 0.3) is 5.91 Å². The lowest BCUT2D eigenvalue weighted by atomic mass is 10.2. The van der Waals surface area contributed by atoms with Crippen LogP contribution in [-0.4, -0.2) is 32.1 Å². The molecule has 0 spiro atoms. The first-order chi connectivity index (χ1) is 7.46. The van der Waals surface area contributed by atoms with Gasteiger partial charge in [0, 0.05) is 19.0 Å². The minimum absolute atomic E-state index is 0.0958. The molecule has 1 heterocycles. The zero-order valence-corrected chi connectivity index (χ0v) is 10.0. The molecule has 0 unspecified atom stereocenters. The van der Waals surface area contributed by atoms with Gasteiger partial charge in [-0.05, 0) is 18.6 Å². The molecule has 16 heavy (non-hydrogen) atoms. The molecule has 0 bridgehead atoms. The van der Waals surface area contributed by atoms with E-state index in [0.717, 1.165) is 12.7 Å². The fourth-order valence-corrected chi connectivity index (χ4v) is 2.01. The van der Waals surface area contributed by atoms with Crippen LogP contribution < -0.4 is 5.32 Å². The number of rotatable bonds is 4. The highest BCUT2D eigenvalue weighted by atomic mass is 32.2. The quantitative estimate of drug-likeness (QED) is 0.840. The van der Waals surface area contributed by atoms with Crippen LogP contribution in [0.2, 0.25) is 0 Å². The third-order valence-corrected chi connectivity index (χ3v) is 2.93. The number of aromatic nitrogens is 1. The van der Waals surface area contributed by atoms with Gasteiger partial charge >= 0.3 is 0 Å². The standard InChI is InChI=1S/C10H14N2O3S/c1-3-6-11-9(13)8-5-4-7-12-10(8)16(2,14)15/h4-5,7H,3,6H2,1-2H3,(H,11,13). The van der Waals surface area contributed by atoms with Gasteiger partial charge in [-0.25, -0.2) is 13.4 Å². The van der Waals surface area contributed by atoms with Crippen molar-refractivity contribution in [1.82, 2.24) is 10.3 Å². The number of carbonyl (C=O) groups is 1. The van der Waals surface area contributed by atoms with E-state index in [-0.39, 0.29) is 10.6 Å². The molecular weight excluding hydrogens is 228 g/mol. The Balaban J connectivity index is 3.09. The van der Waals surface area contributed by atoms with Crippen molar-refractivity contribution in [3.05, 3.63) is 23.9 Å². The van der Waals surface area contributed by atoms with Crippen LogP contribution in [0.15, 0.2) is 23.4 Å². The summed E-state index contributed by atoms with van der Waals surface area (Å²) in [6.45, 7) is 2.43. The van der Waals surface area contributed by atoms with Gasteiger partial charge in [0.05, 0.1) is 5.56 Å². The van der Waals surface area contributed by atoms with E-state index in [9.17, 15) is 13.2 Å². The predicted octanol–water partition coefficient (Wildman–Crippen LogP) is 0.625. The lowest BCUT2D eigenvalue weighted by Crippen LogP contribution is -2.26. The Labute approximate surface area is 94.8 Å². The summed E-state index contributed by atoms with van der Waals surface area (Å²) in [5.41, 5.74) is 0.0958. The molecule has 0 fully saturated rings. The average Bonchev–Trinajstić information content (AvgIpc) is 2.24. The van der Waals surface area contributed by atoms with Gasteiger partial charge in [-0.3, -0.25) is 4.79 Å². The summed E-state index contributed by atoms with van der Waals surface area (Å²) in [6, 6.07) is 2.99. The van der Waals surface area contributed by atoms with E-state index in [1.54, 1.807) is 0 Å². The molecule has 1 aromatic rings. The maximum Gasteiger partial charge on any atom is 0.254 e. The van der Waals surface area contributed by atoms with Crippen molar-refractivity contribution in [1.29, 1.82) is 0 Å². The summed E-state index contributed by atoms with van der Waals surface area (Å²) in [4.78, 5) is 15.4. The summed E-state index contributed by atoms with van der Waals surface area (Å²) in [7, 11) is -3.48. The SMILES string of the molecule is CCCNC(=O)c1cccnc1S(C)(=O)=O.